The Labute approximate surface area is 218 Å². The third kappa shape index (κ3) is 5.19. The normalized spacial score (nSPS) is 14.4. The van der Waals surface area contributed by atoms with E-state index in [1.807, 2.05) is 42.7 Å². The lowest BCUT2D eigenvalue weighted by atomic mass is 10.2. The minimum absolute atomic E-state index is 0.0263. The molecule has 2 aromatic heterocycles. The van der Waals surface area contributed by atoms with Crippen LogP contribution in [0.2, 0.25) is 0 Å². The molecule has 1 saturated heterocycles. The second-order valence-corrected chi connectivity index (χ2v) is 10.1. The monoisotopic (exact) mass is 548 g/mol. The third-order valence-corrected chi connectivity index (χ3v) is 6.75. The van der Waals surface area contributed by atoms with Crippen molar-refractivity contribution in [3.05, 3.63) is 64.8 Å². The summed E-state index contributed by atoms with van der Waals surface area (Å²) in [7, 11) is 2.16. The topological polar surface area (TPSA) is 91.2 Å². The molecule has 3 heterocycles. The molecule has 0 aliphatic carbocycles. The van der Waals surface area contributed by atoms with Gasteiger partial charge in [-0.25, -0.2) is 9.97 Å². The number of fused-ring (bicyclic) bond motifs is 1. The highest BCUT2D eigenvalue weighted by Gasteiger charge is 2.19. The van der Waals surface area contributed by atoms with Crippen molar-refractivity contribution in [1.29, 1.82) is 0 Å². The van der Waals surface area contributed by atoms with Crippen LogP contribution in [0.15, 0.2) is 59.2 Å². The first kappa shape index (κ1) is 24.2. The van der Waals surface area contributed by atoms with Gasteiger partial charge in [0.15, 0.2) is 5.65 Å². The first-order chi connectivity index (χ1) is 17.4. The Balaban J connectivity index is 1.36. The number of carbonyl (C=O) groups is 1. The number of nitrogens with one attached hydrogen (secondary N) is 2. The quantitative estimate of drug-likeness (QED) is 0.353. The summed E-state index contributed by atoms with van der Waals surface area (Å²) in [5.41, 5.74) is 3.94. The highest BCUT2D eigenvalue weighted by atomic mass is 79.9. The molecule has 0 radical (unpaired) electrons. The van der Waals surface area contributed by atoms with Gasteiger partial charge in [-0.15, -0.1) is 0 Å². The largest absolute Gasteiger partial charge is 0.369 e. The summed E-state index contributed by atoms with van der Waals surface area (Å²) in [6.45, 7) is 8.27. The van der Waals surface area contributed by atoms with Gasteiger partial charge >= 0.3 is 0 Å². The lowest BCUT2D eigenvalue weighted by molar-refractivity contribution is 0.102. The molecule has 4 aromatic rings. The Bertz CT molecular complexity index is 1380. The van der Waals surface area contributed by atoms with Crippen LogP contribution in [0.3, 0.4) is 0 Å². The van der Waals surface area contributed by atoms with E-state index in [1.54, 1.807) is 18.3 Å². The van der Waals surface area contributed by atoms with Crippen LogP contribution in [0.4, 0.5) is 23.3 Å². The fourth-order valence-corrected chi connectivity index (χ4v) is 4.68. The lowest BCUT2D eigenvalue weighted by Gasteiger charge is -2.34. The molecule has 9 nitrogen and oxygen atoms in total. The Morgan fingerprint density at radius 1 is 1.03 bits per heavy atom. The number of anilines is 4. The summed E-state index contributed by atoms with van der Waals surface area (Å²) in [4.78, 5) is 31.4. The van der Waals surface area contributed by atoms with Crippen LogP contribution in [0, 0.1) is 0 Å². The van der Waals surface area contributed by atoms with Crippen LogP contribution in [0.1, 0.15) is 30.2 Å². The van der Waals surface area contributed by atoms with E-state index in [4.69, 9.17) is 4.98 Å². The van der Waals surface area contributed by atoms with Crippen molar-refractivity contribution < 1.29 is 4.79 Å². The second kappa shape index (κ2) is 10.2. The average Bonchev–Trinajstić information content (AvgIpc) is 3.22. The number of hydrogen-bond acceptors (Lipinski definition) is 7. The van der Waals surface area contributed by atoms with Crippen molar-refractivity contribution >= 4 is 56.3 Å². The molecule has 0 bridgehead atoms. The van der Waals surface area contributed by atoms with Gasteiger partial charge in [0.25, 0.3) is 5.91 Å². The summed E-state index contributed by atoms with van der Waals surface area (Å²) in [6, 6.07) is 15.6. The molecule has 1 fully saturated rings. The van der Waals surface area contributed by atoms with Crippen LogP contribution < -0.4 is 15.5 Å². The minimum atomic E-state index is -0.236. The van der Waals surface area contributed by atoms with E-state index in [0.717, 1.165) is 36.3 Å². The number of hydrogen-bond donors (Lipinski definition) is 2. The Kier molecular flexibility index (Phi) is 6.88. The SMILES string of the molecule is CC(C)n1c(NC(=O)c2cccc(Br)c2)nc2cnc(Nc3ccc(N4CCN(C)CC4)cc3)nc21. The molecule has 1 aliphatic heterocycles. The van der Waals surface area contributed by atoms with Gasteiger partial charge < -0.3 is 15.1 Å². The van der Waals surface area contributed by atoms with E-state index in [-0.39, 0.29) is 11.9 Å². The molecule has 0 atom stereocenters. The number of carbonyl (C=O) groups excluding carboxylic acids is 1. The van der Waals surface area contributed by atoms with E-state index < -0.39 is 0 Å². The molecular formula is C26H29BrN8O. The third-order valence-electron chi connectivity index (χ3n) is 6.25. The molecule has 0 unspecified atom stereocenters. The molecule has 36 heavy (non-hydrogen) atoms. The molecule has 186 valence electrons. The smallest absolute Gasteiger partial charge is 0.258 e. The summed E-state index contributed by atoms with van der Waals surface area (Å²) in [5.74, 6) is 0.676. The molecule has 2 aromatic carbocycles. The molecule has 1 aliphatic rings. The molecular weight excluding hydrogens is 520 g/mol. The minimum Gasteiger partial charge on any atom is -0.369 e. The zero-order valence-corrected chi connectivity index (χ0v) is 22.2. The van der Waals surface area contributed by atoms with E-state index in [1.165, 1.54) is 5.69 Å². The zero-order chi connectivity index (χ0) is 25.2. The maximum atomic E-state index is 12.8. The van der Waals surface area contributed by atoms with E-state index in [2.05, 4.69) is 65.5 Å². The number of amides is 1. The van der Waals surface area contributed by atoms with Gasteiger partial charge in [0.2, 0.25) is 11.9 Å². The highest BCUT2D eigenvalue weighted by Crippen LogP contribution is 2.26. The Hall–Kier alpha value is -3.50. The van der Waals surface area contributed by atoms with Crippen molar-refractivity contribution in [2.45, 2.75) is 19.9 Å². The highest BCUT2D eigenvalue weighted by molar-refractivity contribution is 9.10. The van der Waals surface area contributed by atoms with Crippen LogP contribution in [-0.4, -0.2) is 63.6 Å². The van der Waals surface area contributed by atoms with Crippen molar-refractivity contribution in [2.24, 2.45) is 0 Å². The summed E-state index contributed by atoms with van der Waals surface area (Å²) in [6.07, 6.45) is 1.68. The molecule has 0 spiro atoms. The number of aromatic nitrogens is 4. The van der Waals surface area contributed by atoms with E-state index in [0.29, 0.717) is 28.6 Å². The first-order valence-electron chi connectivity index (χ1n) is 12.0. The molecule has 5 rings (SSSR count). The van der Waals surface area contributed by atoms with Gasteiger partial charge in [-0.2, -0.15) is 4.98 Å². The van der Waals surface area contributed by atoms with E-state index in [9.17, 15) is 4.79 Å². The van der Waals surface area contributed by atoms with Gasteiger partial charge in [-0.1, -0.05) is 22.0 Å². The van der Waals surface area contributed by atoms with Gasteiger partial charge in [0.1, 0.15) is 5.52 Å². The van der Waals surface area contributed by atoms with Gasteiger partial charge in [-0.05, 0) is 63.4 Å². The van der Waals surface area contributed by atoms with Gasteiger partial charge in [0, 0.05) is 53.6 Å². The number of nitrogens with zero attached hydrogens (tertiary/aromatic N) is 6. The van der Waals surface area contributed by atoms with Crippen LogP contribution >= 0.6 is 15.9 Å². The maximum absolute atomic E-state index is 12.8. The fourth-order valence-electron chi connectivity index (χ4n) is 4.28. The fraction of sp³-hybridized carbons (Fsp3) is 0.308. The van der Waals surface area contributed by atoms with Gasteiger partial charge in [-0.3, -0.25) is 14.7 Å². The number of benzene rings is 2. The Morgan fingerprint density at radius 2 is 1.78 bits per heavy atom. The molecule has 1 amide bonds. The van der Waals surface area contributed by atoms with Crippen LogP contribution in [0.5, 0.6) is 0 Å². The average molecular weight is 549 g/mol. The predicted octanol–water partition coefficient (Wildman–Crippen LogP) is 4.92. The zero-order valence-electron chi connectivity index (χ0n) is 20.6. The maximum Gasteiger partial charge on any atom is 0.258 e. The molecule has 2 N–H and O–H groups in total. The standard InChI is InChI=1S/C26H29BrN8O/c1-17(2)35-23-22(30-26(35)32-24(36)18-5-4-6-19(27)15-18)16-28-25(31-23)29-20-7-9-21(10-8-20)34-13-11-33(3)12-14-34/h4-10,15-17H,11-14H2,1-3H3,(H,28,29,31)(H,30,32,36). The number of piperazine rings is 1. The van der Waals surface area contributed by atoms with Crippen LogP contribution in [-0.2, 0) is 0 Å². The first-order valence-corrected chi connectivity index (χ1v) is 12.8. The predicted molar refractivity (Wildman–Crippen MR) is 147 cm³/mol. The number of imidazole rings is 1. The van der Waals surface area contributed by atoms with Crippen LogP contribution in [0.25, 0.3) is 11.2 Å². The lowest BCUT2D eigenvalue weighted by Crippen LogP contribution is -2.44. The number of halogens is 1. The van der Waals surface area contributed by atoms with Crippen molar-refractivity contribution in [2.75, 3.05) is 48.8 Å². The van der Waals surface area contributed by atoms with E-state index >= 15 is 0 Å². The summed E-state index contributed by atoms with van der Waals surface area (Å²) < 4.78 is 2.75. The second-order valence-electron chi connectivity index (χ2n) is 9.23. The summed E-state index contributed by atoms with van der Waals surface area (Å²) >= 11 is 3.41. The number of rotatable bonds is 6. The van der Waals surface area contributed by atoms with Crippen molar-refractivity contribution in [3.63, 3.8) is 0 Å². The molecule has 10 heteroatoms. The Morgan fingerprint density at radius 3 is 2.47 bits per heavy atom. The van der Waals surface area contributed by atoms with Gasteiger partial charge in [0.05, 0.1) is 6.20 Å². The van der Waals surface area contributed by atoms with Crippen molar-refractivity contribution in [1.82, 2.24) is 24.4 Å². The van der Waals surface area contributed by atoms with Crippen molar-refractivity contribution in [3.8, 4) is 0 Å². The molecule has 0 saturated carbocycles. The summed E-state index contributed by atoms with van der Waals surface area (Å²) in [5, 5.41) is 6.23. The number of likely N-dealkylation sites (N-methyl/N-ethyl adjacent to an activating group) is 1.